The molecule has 1 aromatic carbocycles. The van der Waals surface area contributed by atoms with Gasteiger partial charge >= 0.3 is 0 Å². The number of nitrogens with one attached hydrogen (secondary N) is 1. The number of ether oxygens (including phenoxy) is 1. The molecule has 1 N–H and O–H groups in total. The van der Waals surface area contributed by atoms with Crippen LogP contribution in [-0.2, 0) is 17.8 Å². The fourth-order valence-corrected chi connectivity index (χ4v) is 2.67. The van der Waals surface area contributed by atoms with E-state index in [4.69, 9.17) is 28.6 Å². The van der Waals surface area contributed by atoms with E-state index in [0.717, 1.165) is 30.8 Å². The lowest BCUT2D eigenvalue weighted by molar-refractivity contribution is -0.130. The molecule has 0 aliphatic carbocycles. The first kappa shape index (κ1) is 19.5. The van der Waals surface area contributed by atoms with E-state index >= 15 is 0 Å². The van der Waals surface area contributed by atoms with Crippen LogP contribution in [-0.4, -0.2) is 45.8 Å². The zero-order chi connectivity index (χ0) is 18.2. The van der Waals surface area contributed by atoms with Crippen molar-refractivity contribution in [1.29, 1.82) is 0 Å². The Labute approximate surface area is 157 Å². The number of aromatic amines is 1. The highest BCUT2D eigenvalue weighted by molar-refractivity contribution is 7.71. The predicted molar refractivity (Wildman–Crippen MR) is 101 cm³/mol. The van der Waals surface area contributed by atoms with Crippen LogP contribution in [0.2, 0.25) is 5.02 Å². The summed E-state index contributed by atoms with van der Waals surface area (Å²) in [5.41, 5.74) is 0. The highest BCUT2D eigenvalue weighted by Gasteiger charge is 2.13. The summed E-state index contributed by atoms with van der Waals surface area (Å²) >= 11 is 11.0. The maximum Gasteiger partial charge on any atom is 0.242 e. The van der Waals surface area contributed by atoms with Gasteiger partial charge in [-0.3, -0.25) is 14.5 Å². The molecule has 0 aliphatic heterocycles. The molecule has 0 unspecified atom stereocenters. The van der Waals surface area contributed by atoms with E-state index in [1.165, 1.54) is 0 Å². The first-order valence-corrected chi connectivity index (χ1v) is 9.06. The number of rotatable bonds is 9. The summed E-state index contributed by atoms with van der Waals surface area (Å²) in [4.78, 5) is 14.1. The molecule has 2 aromatic rings. The van der Waals surface area contributed by atoms with Crippen LogP contribution in [0.1, 0.15) is 25.6 Å². The molecule has 0 bridgehead atoms. The number of benzene rings is 1. The van der Waals surface area contributed by atoms with Gasteiger partial charge in [-0.15, -0.1) is 0 Å². The minimum Gasteiger partial charge on any atom is -0.494 e. The van der Waals surface area contributed by atoms with Crippen LogP contribution in [0.25, 0.3) is 0 Å². The summed E-state index contributed by atoms with van der Waals surface area (Å²) in [6.07, 6.45) is 2.48. The molecule has 0 fully saturated rings. The van der Waals surface area contributed by atoms with Gasteiger partial charge in [0.1, 0.15) is 18.1 Å². The molecular weight excluding hydrogens is 360 g/mol. The standard InChI is InChI=1S/C17H23ClN4O2S/c1-3-5-15-19-20-17(25)22(15)12-16(23)21(2)10-4-11-24-14-8-6-13(18)7-9-14/h6-9H,3-5,10-12H2,1-2H3,(H,20,25). The van der Waals surface area contributed by atoms with Crippen molar-refractivity contribution in [1.82, 2.24) is 19.7 Å². The molecule has 0 aliphatic rings. The number of hydrogen-bond acceptors (Lipinski definition) is 4. The Morgan fingerprint density at radius 1 is 1.40 bits per heavy atom. The number of carbonyl (C=O) groups excluding carboxylic acids is 1. The molecule has 25 heavy (non-hydrogen) atoms. The molecule has 1 amide bonds. The molecule has 0 spiro atoms. The molecule has 1 heterocycles. The molecule has 6 nitrogen and oxygen atoms in total. The van der Waals surface area contributed by atoms with Gasteiger partial charge in [-0.25, -0.2) is 0 Å². The Hall–Kier alpha value is -1.86. The molecule has 0 saturated carbocycles. The van der Waals surface area contributed by atoms with Crippen LogP contribution in [0.4, 0.5) is 0 Å². The summed E-state index contributed by atoms with van der Waals surface area (Å²) < 4.78 is 7.88. The Morgan fingerprint density at radius 3 is 2.80 bits per heavy atom. The van der Waals surface area contributed by atoms with E-state index in [2.05, 4.69) is 17.1 Å². The van der Waals surface area contributed by atoms with E-state index in [9.17, 15) is 4.79 Å². The molecule has 0 atom stereocenters. The molecule has 2 rings (SSSR count). The van der Waals surface area contributed by atoms with Crippen LogP contribution < -0.4 is 4.74 Å². The average molecular weight is 383 g/mol. The first-order valence-electron chi connectivity index (χ1n) is 8.27. The zero-order valence-electron chi connectivity index (χ0n) is 14.5. The van der Waals surface area contributed by atoms with Crippen LogP contribution in [0.3, 0.4) is 0 Å². The topological polar surface area (TPSA) is 63.2 Å². The average Bonchev–Trinajstić information content (AvgIpc) is 2.93. The highest BCUT2D eigenvalue weighted by atomic mass is 35.5. The minimum absolute atomic E-state index is 0.00125. The van der Waals surface area contributed by atoms with Crippen molar-refractivity contribution in [2.24, 2.45) is 0 Å². The number of nitrogens with zero attached hydrogens (tertiary/aromatic N) is 3. The van der Waals surface area contributed by atoms with Crippen LogP contribution in [0.5, 0.6) is 5.75 Å². The number of aryl methyl sites for hydroxylation is 1. The fraction of sp³-hybridized carbons (Fsp3) is 0.471. The van der Waals surface area contributed by atoms with Gasteiger partial charge in [0, 0.05) is 25.0 Å². The SMILES string of the molecule is CCCc1n[nH]c(=S)n1CC(=O)N(C)CCCOc1ccc(Cl)cc1. The normalized spacial score (nSPS) is 10.7. The molecule has 8 heteroatoms. The Morgan fingerprint density at radius 2 is 2.12 bits per heavy atom. The van der Waals surface area contributed by atoms with E-state index in [1.807, 2.05) is 12.1 Å². The van der Waals surface area contributed by atoms with Gasteiger partial charge in [-0.1, -0.05) is 18.5 Å². The van der Waals surface area contributed by atoms with Crippen LogP contribution >= 0.6 is 23.8 Å². The number of H-pyrrole nitrogens is 1. The molecule has 0 radical (unpaired) electrons. The third-order valence-corrected chi connectivity index (χ3v) is 4.31. The Balaban J connectivity index is 1.77. The van der Waals surface area contributed by atoms with E-state index in [1.54, 1.807) is 28.6 Å². The van der Waals surface area contributed by atoms with Gasteiger partial charge in [0.25, 0.3) is 0 Å². The quantitative estimate of drug-likeness (QED) is 0.532. The summed E-state index contributed by atoms with van der Waals surface area (Å²) in [6, 6.07) is 7.23. The number of aromatic nitrogens is 3. The number of hydrogen-bond donors (Lipinski definition) is 1. The minimum atomic E-state index is 0.00125. The van der Waals surface area contributed by atoms with E-state index in [0.29, 0.717) is 22.9 Å². The van der Waals surface area contributed by atoms with Gasteiger partial charge in [0.2, 0.25) is 5.91 Å². The van der Waals surface area contributed by atoms with Crippen molar-refractivity contribution < 1.29 is 9.53 Å². The second-order valence-electron chi connectivity index (χ2n) is 5.75. The third-order valence-electron chi connectivity index (χ3n) is 3.75. The zero-order valence-corrected chi connectivity index (χ0v) is 16.1. The third kappa shape index (κ3) is 5.86. The Bertz CT molecular complexity index is 742. The van der Waals surface area contributed by atoms with Gasteiger partial charge in [-0.2, -0.15) is 5.10 Å². The Kier molecular flexibility index (Phi) is 7.46. The summed E-state index contributed by atoms with van der Waals surface area (Å²) in [6.45, 7) is 3.42. The van der Waals surface area contributed by atoms with E-state index < -0.39 is 0 Å². The van der Waals surface area contributed by atoms with Crippen molar-refractivity contribution in [2.75, 3.05) is 20.2 Å². The van der Waals surface area contributed by atoms with Crippen molar-refractivity contribution in [3.63, 3.8) is 0 Å². The monoisotopic (exact) mass is 382 g/mol. The second-order valence-corrected chi connectivity index (χ2v) is 6.58. The van der Waals surface area contributed by atoms with Crippen molar-refractivity contribution in [2.45, 2.75) is 32.7 Å². The van der Waals surface area contributed by atoms with E-state index in [-0.39, 0.29) is 12.5 Å². The van der Waals surface area contributed by atoms with Crippen LogP contribution in [0.15, 0.2) is 24.3 Å². The lowest BCUT2D eigenvalue weighted by Crippen LogP contribution is -2.32. The fourth-order valence-electron chi connectivity index (χ4n) is 2.33. The first-order chi connectivity index (χ1) is 12.0. The maximum atomic E-state index is 12.4. The lowest BCUT2D eigenvalue weighted by atomic mass is 10.3. The largest absolute Gasteiger partial charge is 0.494 e. The summed E-state index contributed by atoms with van der Waals surface area (Å²) in [5.74, 6) is 1.59. The number of likely N-dealkylation sites (N-methyl/N-ethyl adjacent to an activating group) is 1. The molecule has 1 aromatic heterocycles. The maximum absolute atomic E-state index is 12.4. The lowest BCUT2D eigenvalue weighted by Gasteiger charge is -2.18. The van der Waals surface area contributed by atoms with Gasteiger partial charge in [-0.05, 0) is 49.3 Å². The predicted octanol–water partition coefficient (Wildman–Crippen LogP) is 3.47. The van der Waals surface area contributed by atoms with Gasteiger partial charge in [0.05, 0.1) is 6.61 Å². The molecule has 136 valence electrons. The number of amides is 1. The van der Waals surface area contributed by atoms with Crippen LogP contribution in [0, 0.1) is 4.77 Å². The highest BCUT2D eigenvalue weighted by Crippen LogP contribution is 2.15. The van der Waals surface area contributed by atoms with Gasteiger partial charge < -0.3 is 9.64 Å². The molecule has 0 saturated heterocycles. The van der Waals surface area contributed by atoms with Crippen molar-refractivity contribution in [3.05, 3.63) is 39.9 Å². The number of halogens is 1. The van der Waals surface area contributed by atoms with Gasteiger partial charge in [0.15, 0.2) is 4.77 Å². The van der Waals surface area contributed by atoms with Crippen molar-refractivity contribution in [3.8, 4) is 5.75 Å². The summed E-state index contributed by atoms with van der Waals surface area (Å²) in [7, 11) is 1.79. The smallest absolute Gasteiger partial charge is 0.242 e. The second kappa shape index (κ2) is 9.58. The number of carbonyl (C=O) groups is 1. The molecular formula is C17H23ClN4O2S. The summed E-state index contributed by atoms with van der Waals surface area (Å²) in [5, 5.41) is 7.61. The van der Waals surface area contributed by atoms with Crippen molar-refractivity contribution >= 4 is 29.7 Å².